The van der Waals surface area contributed by atoms with Gasteiger partial charge >= 0.3 is 5.97 Å². The highest BCUT2D eigenvalue weighted by Gasteiger charge is 2.33. The number of carbonyl (C=O) groups is 2. The highest BCUT2D eigenvalue weighted by atomic mass is 32.2. The minimum absolute atomic E-state index is 0.234. The van der Waals surface area contributed by atoms with Crippen LogP contribution in [0.4, 0.5) is 8.78 Å². The molecular formula is C14H17F2NO3S. The Morgan fingerprint density at radius 3 is 2.33 bits per heavy atom. The molecule has 0 heterocycles. The van der Waals surface area contributed by atoms with E-state index in [0.717, 1.165) is 0 Å². The lowest BCUT2D eigenvalue weighted by atomic mass is 9.96. The van der Waals surface area contributed by atoms with Crippen molar-refractivity contribution in [3.8, 4) is 0 Å². The summed E-state index contributed by atoms with van der Waals surface area (Å²) in [6.45, 7) is 3.27. The smallest absolute Gasteiger partial charge is 0.329 e. The van der Waals surface area contributed by atoms with Crippen LogP contribution < -0.4 is 5.32 Å². The van der Waals surface area contributed by atoms with Crippen molar-refractivity contribution in [2.45, 2.75) is 42.9 Å². The van der Waals surface area contributed by atoms with E-state index >= 15 is 0 Å². The zero-order valence-electron chi connectivity index (χ0n) is 11.7. The molecule has 1 amide bonds. The van der Waals surface area contributed by atoms with Crippen molar-refractivity contribution in [1.82, 2.24) is 5.32 Å². The Bertz CT molecular complexity index is 507. The Morgan fingerprint density at radius 2 is 1.90 bits per heavy atom. The molecule has 0 spiro atoms. The van der Waals surface area contributed by atoms with Gasteiger partial charge in [-0.05, 0) is 37.6 Å². The largest absolute Gasteiger partial charge is 0.480 e. The van der Waals surface area contributed by atoms with Crippen LogP contribution in [0.25, 0.3) is 0 Å². The maximum atomic E-state index is 12.2. The molecule has 1 aromatic carbocycles. The third-order valence-electron chi connectivity index (χ3n) is 2.95. The van der Waals surface area contributed by atoms with Crippen LogP contribution in [0.2, 0.25) is 0 Å². The molecule has 0 aliphatic carbocycles. The minimum atomic E-state index is -2.52. The normalized spacial score (nSPS) is 13.8. The van der Waals surface area contributed by atoms with Crippen LogP contribution in [0.5, 0.6) is 0 Å². The Morgan fingerprint density at radius 1 is 1.33 bits per heavy atom. The van der Waals surface area contributed by atoms with Crippen molar-refractivity contribution in [3.05, 3.63) is 29.8 Å². The van der Waals surface area contributed by atoms with Gasteiger partial charge in [-0.2, -0.15) is 8.78 Å². The van der Waals surface area contributed by atoms with Gasteiger partial charge in [0.25, 0.3) is 11.7 Å². The first-order valence-electron chi connectivity index (χ1n) is 6.39. The first-order chi connectivity index (χ1) is 9.78. The van der Waals surface area contributed by atoms with Crippen molar-refractivity contribution >= 4 is 23.6 Å². The lowest BCUT2D eigenvalue weighted by Crippen LogP contribution is -2.52. The monoisotopic (exact) mass is 317 g/mol. The van der Waals surface area contributed by atoms with E-state index in [-0.39, 0.29) is 5.56 Å². The second-order valence-electron chi connectivity index (χ2n) is 4.74. The number of nitrogens with one attached hydrogen (secondary N) is 1. The number of hydrogen-bond acceptors (Lipinski definition) is 3. The fourth-order valence-corrected chi connectivity index (χ4v) is 2.33. The van der Waals surface area contributed by atoms with Gasteiger partial charge in [-0.1, -0.05) is 25.1 Å². The summed E-state index contributed by atoms with van der Waals surface area (Å²) >= 11 is 0.386. The minimum Gasteiger partial charge on any atom is -0.480 e. The molecule has 0 saturated heterocycles. The van der Waals surface area contributed by atoms with Crippen molar-refractivity contribution in [3.63, 3.8) is 0 Å². The fraction of sp³-hybridized carbons (Fsp3) is 0.429. The van der Waals surface area contributed by atoms with Gasteiger partial charge in [0, 0.05) is 10.5 Å². The maximum Gasteiger partial charge on any atom is 0.329 e. The molecular weight excluding hydrogens is 300 g/mol. The molecule has 0 aromatic heterocycles. The molecule has 7 heteroatoms. The molecule has 1 atom stereocenters. The Balaban J connectivity index is 2.81. The summed E-state index contributed by atoms with van der Waals surface area (Å²) in [5.74, 6) is -4.17. The van der Waals surface area contributed by atoms with Gasteiger partial charge in [0.2, 0.25) is 0 Å². The van der Waals surface area contributed by atoms with Gasteiger partial charge in [0.1, 0.15) is 5.54 Å². The molecule has 0 fully saturated rings. The summed E-state index contributed by atoms with van der Waals surface area (Å²) in [5, 5.41) is 11.7. The molecule has 21 heavy (non-hydrogen) atoms. The number of amides is 1. The third kappa shape index (κ3) is 5.00. The van der Waals surface area contributed by atoms with E-state index in [2.05, 4.69) is 5.32 Å². The molecule has 0 aliphatic heterocycles. The first kappa shape index (κ1) is 17.4. The first-order valence-corrected chi connectivity index (χ1v) is 7.27. The summed E-state index contributed by atoms with van der Waals surface area (Å²) in [6, 6.07) is 5.61. The van der Waals surface area contributed by atoms with Crippen molar-refractivity contribution < 1.29 is 23.5 Å². The van der Waals surface area contributed by atoms with Crippen LogP contribution >= 0.6 is 11.8 Å². The number of alkyl halides is 2. The van der Waals surface area contributed by atoms with Gasteiger partial charge in [0.15, 0.2) is 0 Å². The molecule has 0 saturated carbocycles. The van der Waals surface area contributed by atoms with E-state index in [4.69, 9.17) is 0 Å². The molecule has 1 rings (SSSR count). The van der Waals surface area contributed by atoms with Crippen LogP contribution in [0, 0.1) is 0 Å². The molecule has 0 bridgehead atoms. The Kier molecular flexibility index (Phi) is 6.14. The number of aliphatic carboxylic acids is 1. The molecule has 0 aliphatic rings. The SMILES string of the molecule is CCCC(C)(NC(=O)c1ccc(SC(F)F)cc1)C(=O)O. The topological polar surface area (TPSA) is 66.4 Å². The van der Waals surface area contributed by atoms with Crippen LogP contribution in [0.15, 0.2) is 29.2 Å². The third-order valence-corrected chi connectivity index (χ3v) is 3.68. The van der Waals surface area contributed by atoms with Gasteiger partial charge in [-0.25, -0.2) is 4.79 Å². The highest BCUT2D eigenvalue weighted by molar-refractivity contribution is 7.99. The second kappa shape index (κ2) is 7.40. The lowest BCUT2D eigenvalue weighted by Gasteiger charge is -2.25. The molecule has 116 valence electrons. The van der Waals surface area contributed by atoms with E-state index in [9.17, 15) is 23.5 Å². The number of benzene rings is 1. The number of carboxylic acid groups (broad SMARTS) is 1. The second-order valence-corrected chi connectivity index (χ2v) is 5.81. The Hall–Kier alpha value is -1.63. The highest BCUT2D eigenvalue weighted by Crippen LogP contribution is 2.25. The van der Waals surface area contributed by atoms with Gasteiger partial charge in [-0.3, -0.25) is 4.79 Å². The van der Waals surface area contributed by atoms with Crippen molar-refractivity contribution in [2.24, 2.45) is 0 Å². The number of rotatable bonds is 7. The summed E-state index contributed by atoms with van der Waals surface area (Å²) in [7, 11) is 0. The quantitative estimate of drug-likeness (QED) is 0.757. The zero-order chi connectivity index (χ0) is 16.0. The van der Waals surface area contributed by atoms with Crippen molar-refractivity contribution in [1.29, 1.82) is 0 Å². The van der Waals surface area contributed by atoms with Crippen molar-refractivity contribution in [2.75, 3.05) is 0 Å². The number of halogens is 2. The summed E-state index contributed by atoms with van der Waals surface area (Å²) < 4.78 is 24.4. The number of thioether (sulfide) groups is 1. The van der Waals surface area contributed by atoms with E-state index in [1.807, 2.05) is 6.92 Å². The maximum absolute atomic E-state index is 12.2. The van der Waals surface area contributed by atoms with Gasteiger partial charge in [-0.15, -0.1) is 0 Å². The molecule has 4 nitrogen and oxygen atoms in total. The molecule has 1 aromatic rings. The predicted molar refractivity (Wildman–Crippen MR) is 76.7 cm³/mol. The van der Waals surface area contributed by atoms with Gasteiger partial charge in [0.05, 0.1) is 0 Å². The average Bonchev–Trinajstić information content (AvgIpc) is 2.38. The fourth-order valence-electron chi connectivity index (χ4n) is 1.83. The average molecular weight is 317 g/mol. The van der Waals surface area contributed by atoms with E-state index in [0.29, 0.717) is 29.5 Å². The molecule has 1 unspecified atom stereocenters. The summed E-state index contributed by atoms with van der Waals surface area (Å²) in [4.78, 5) is 23.6. The lowest BCUT2D eigenvalue weighted by molar-refractivity contribution is -0.144. The van der Waals surface area contributed by atoms with Gasteiger partial charge < -0.3 is 10.4 Å². The number of carboxylic acids is 1. The van der Waals surface area contributed by atoms with E-state index < -0.39 is 23.2 Å². The van der Waals surface area contributed by atoms with E-state index in [1.54, 1.807) is 0 Å². The number of carbonyl (C=O) groups excluding carboxylic acids is 1. The number of hydrogen-bond donors (Lipinski definition) is 2. The van der Waals surface area contributed by atoms with E-state index in [1.165, 1.54) is 31.2 Å². The van der Waals surface area contributed by atoms with Crippen LogP contribution in [0.1, 0.15) is 37.0 Å². The standard InChI is InChI=1S/C14H17F2NO3S/c1-3-8-14(2,12(19)20)17-11(18)9-4-6-10(7-5-9)21-13(15)16/h4-7,13H,3,8H2,1-2H3,(H,17,18)(H,19,20). The molecule has 0 radical (unpaired) electrons. The summed E-state index contributed by atoms with van der Waals surface area (Å²) in [5.41, 5.74) is -1.11. The van der Waals surface area contributed by atoms with Crippen LogP contribution in [-0.2, 0) is 4.79 Å². The Labute approximate surface area is 125 Å². The molecule has 2 N–H and O–H groups in total. The van der Waals surface area contributed by atoms with Crippen LogP contribution in [0.3, 0.4) is 0 Å². The predicted octanol–water partition coefficient (Wildman–Crippen LogP) is 3.37. The van der Waals surface area contributed by atoms with Crippen LogP contribution in [-0.4, -0.2) is 28.3 Å². The summed E-state index contributed by atoms with van der Waals surface area (Å²) in [6.07, 6.45) is 0.903. The zero-order valence-corrected chi connectivity index (χ0v) is 12.5.